The first-order chi connectivity index (χ1) is 7.49. The van der Waals surface area contributed by atoms with Crippen molar-refractivity contribution >= 4 is 11.7 Å². The zero-order chi connectivity index (χ0) is 12.6. The normalized spacial score (nSPS) is 8.56. The Morgan fingerprint density at radius 2 is 1.94 bits per heavy atom. The van der Waals surface area contributed by atoms with Gasteiger partial charge < -0.3 is 5.11 Å². The van der Waals surface area contributed by atoms with Crippen LogP contribution in [0.15, 0.2) is 42.5 Å². The van der Waals surface area contributed by atoms with Gasteiger partial charge in [-0.05, 0) is 6.42 Å². The molecule has 16 heavy (non-hydrogen) atoms. The summed E-state index contributed by atoms with van der Waals surface area (Å²) >= 11 is 0. The van der Waals surface area contributed by atoms with Crippen LogP contribution in [-0.4, -0.2) is 16.0 Å². The Hall–Kier alpha value is -2.17. The highest BCUT2D eigenvalue weighted by atomic mass is 16.6. The Bertz CT molecular complexity index is 373. The molecule has 1 N–H and O–H groups in total. The Morgan fingerprint density at radius 1 is 1.44 bits per heavy atom. The number of para-hydroxylation sites is 1. The monoisotopic (exact) mass is 223 g/mol. The largest absolute Gasteiger partial charge is 0.478 e. The van der Waals surface area contributed by atoms with Crippen molar-refractivity contribution in [1.82, 2.24) is 0 Å². The number of carbonyl (C=O) groups is 1. The van der Waals surface area contributed by atoms with E-state index in [-0.39, 0.29) is 11.3 Å². The average molecular weight is 223 g/mol. The van der Waals surface area contributed by atoms with Gasteiger partial charge in [0.25, 0.3) is 5.69 Å². The summed E-state index contributed by atoms with van der Waals surface area (Å²) in [5.74, 6) is -0.900. The second-order valence-electron chi connectivity index (χ2n) is 2.85. The highest BCUT2D eigenvalue weighted by molar-refractivity contribution is 5.85. The van der Waals surface area contributed by atoms with Crippen molar-refractivity contribution in [3.05, 3.63) is 52.6 Å². The number of rotatable bonds is 3. The fraction of sp³-hybridized carbons (Fsp3) is 0.182. The minimum absolute atomic E-state index is 0.137. The average Bonchev–Trinajstić information content (AvgIpc) is 2.29. The minimum atomic E-state index is -0.900. The van der Waals surface area contributed by atoms with Gasteiger partial charge in [-0.3, -0.25) is 10.1 Å². The summed E-state index contributed by atoms with van der Waals surface area (Å²) in [6.07, 6.45) is 0.523. The lowest BCUT2D eigenvalue weighted by Gasteiger charge is -1.87. The molecule has 0 aromatic heterocycles. The maximum atomic E-state index is 10.0. The molecule has 0 aliphatic heterocycles. The van der Waals surface area contributed by atoms with Crippen LogP contribution in [0.25, 0.3) is 0 Å². The molecule has 0 amide bonds. The topological polar surface area (TPSA) is 80.4 Å². The lowest BCUT2D eigenvalue weighted by molar-refractivity contribution is -0.384. The second-order valence-corrected chi connectivity index (χ2v) is 2.85. The van der Waals surface area contributed by atoms with Crippen LogP contribution < -0.4 is 0 Å². The molecule has 0 aliphatic rings. The smallest absolute Gasteiger partial charge is 0.330 e. The number of benzene rings is 1. The van der Waals surface area contributed by atoms with Crippen molar-refractivity contribution in [2.45, 2.75) is 13.3 Å². The van der Waals surface area contributed by atoms with E-state index in [4.69, 9.17) is 5.11 Å². The van der Waals surface area contributed by atoms with Crippen LogP contribution in [0.3, 0.4) is 0 Å². The van der Waals surface area contributed by atoms with Gasteiger partial charge in [-0.25, -0.2) is 4.79 Å². The first-order valence-electron chi connectivity index (χ1n) is 4.59. The number of aliphatic carboxylic acids is 1. The van der Waals surface area contributed by atoms with Crippen LogP contribution in [0.2, 0.25) is 0 Å². The van der Waals surface area contributed by atoms with Crippen molar-refractivity contribution in [2.24, 2.45) is 0 Å². The summed E-state index contributed by atoms with van der Waals surface area (Å²) in [6, 6.07) is 7.93. The van der Waals surface area contributed by atoms with E-state index in [1.807, 2.05) is 0 Å². The fourth-order valence-corrected chi connectivity index (χ4v) is 0.701. The van der Waals surface area contributed by atoms with Gasteiger partial charge in [0.1, 0.15) is 0 Å². The lowest BCUT2D eigenvalue weighted by atomic mass is 10.2. The van der Waals surface area contributed by atoms with Gasteiger partial charge >= 0.3 is 5.97 Å². The van der Waals surface area contributed by atoms with E-state index < -0.39 is 10.9 Å². The number of nitrogens with zero attached hydrogens (tertiary/aromatic N) is 1. The Morgan fingerprint density at radius 3 is 2.12 bits per heavy atom. The number of nitro benzene ring substituents is 1. The molecule has 1 rings (SSSR count). The second kappa shape index (κ2) is 7.17. The molecule has 5 heteroatoms. The van der Waals surface area contributed by atoms with E-state index >= 15 is 0 Å². The first kappa shape index (κ1) is 13.8. The number of non-ortho nitro benzene ring substituents is 1. The first-order valence-corrected chi connectivity index (χ1v) is 4.59. The van der Waals surface area contributed by atoms with Crippen LogP contribution in [0, 0.1) is 10.1 Å². The van der Waals surface area contributed by atoms with E-state index in [1.54, 1.807) is 25.1 Å². The SMILES string of the molecule is C=C(CC)C(=O)O.O=[N+]([O-])c1ccccc1. The predicted molar refractivity (Wildman–Crippen MR) is 60.2 cm³/mol. The summed E-state index contributed by atoms with van der Waals surface area (Å²) in [4.78, 5) is 19.4. The zero-order valence-electron chi connectivity index (χ0n) is 8.92. The van der Waals surface area contributed by atoms with Crippen LogP contribution >= 0.6 is 0 Å². The molecule has 0 aliphatic carbocycles. The highest BCUT2D eigenvalue weighted by Gasteiger charge is 1.98. The third-order valence-corrected chi connectivity index (χ3v) is 1.70. The van der Waals surface area contributed by atoms with Crippen molar-refractivity contribution in [2.75, 3.05) is 0 Å². The molecule has 86 valence electrons. The number of carboxylic acid groups (broad SMARTS) is 1. The summed E-state index contributed by atoms with van der Waals surface area (Å²) in [5, 5.41) is 18.1. The lowest BCUT2D eigenvalue weighted by Crippen LogP contribution is -1.95. The molecule has 0 spiro atoms. The number of carboxylic acids is 1. The van der Waals surface area contributed by atoms with Gasteiger partial charge in [-0.15, -0.1) is 0 Å². The van der Waals surface area contributed by atoms with E-state index in [9.17, 15) is 14.9 Å². The van der Waals surface area contributed by atoms with Gasteiger partial charge in [0.2, 0.25) is 0 Å². The molecule has 0 bridgehead atoms. The molecule has 5 nitrogen and oxygen atoms in total. The molecule has 0 saturated heterocycles. The van der Waals surface area contributed by atoms with Crippen LogP contribution in [0.1, 0.15) is 13.3 Å². The quantitative estimate of drug-likeness (QED) is 0.485. The molecule has 0 saturated carbocycles. The maximum absolute atomic E-state index is 10.0. The summed E-state index contributed by atoms with van der Waals surface area (Å²) in [6.45, 7) is 5.03. The van der Waals surface area contributed by atoms with E-state index in [2.05, 4.69) is 6.58 Å². The van der Waals surface area contributed by atoms with Crippen molar-refractivity contribution in [1.29, 1.82) is 0 Å². The van der Waals surface area contributed by atoms with E-state index in [1.165, 1.54) is 12.1 Å². The maximum Gasteiger partial charge on any atom is 0.330 e. The van der Waals surface area contributed by atoms with Crippen molar-refractivity contribution in [3.63, 3.8) is 0 Å². The van der Waals surface area contributed by atoms with Crippen molar-refractivity contribution < 1.29 is 14.8 Å². The Labute approximate surface area is 93.2 Å². The summed E-state index contributed by atoms with van der Waals surface area (Å²) in [7, 11) is 0. The molecule has 1 aromatic carbocycles. The molecule has 0 unspecified atom stereocenters. The molecular formula is C11H13NO4. The third-order valence-electron chi connectivity index (χ3n) is 1.70. The van der Waals surface area contributed by atoms with E-state index in [0.717, 1.165) is 0 Å². The van der Waals surface area contributed by atoms with Crippen molar-refractivity contribution in [3.8, 4) is 0 Å². The predicted octanol–water partition coefficient (Wildman–Crippen LogP) is 2.63. The molecule has 0 radical (unpaired) electrons. The Kier molecular flexibility index (Phi) is 6.19. The molecule has 1 aromatic rings. The van der Waals surface area contributed by atoms with Gasteiger partial charge in [0.15, 0.2) is 0 Å². The minimum Gasteiger partial charge on any atom is -0.478 e. The van der Waals surface area contributed by atoms with Gasteiger partial charge in [-0.1, -0.05) is 31.7 Å². The fourth-order valence-electron chi connectivity index (χ4n) is 0.701. The number of hydrogen-bond donors (Lipinski definition) is 1. The van der Waals surface area contributed by atoms with Gasteiger partial charge in [0.05, 0.1) is 4.92 Å². The molecule has 0 fully saturated rings. The third kappa shape index (κ3) is 5.54. The van der Waals surface area contributed by atoms with Crippen LogP contribution in [-0.2, 0) is 4.79 Å². The van der Waals surface area contributed by atoms with Crippen LogP contribution in [0.5, 0.6) is 0 Å². The zero-order valence-corrected chi connectivity index (χ0v) is 8.92. The molecule has 0 atom stereocenters. The van der Waals surface area contributed by atoms with E-state index in [0.29, 0.717) is 6.42 Å². The summed E-state index contributed by atoms with van der Waals surface area (Å²) < 4.78 is 0. The molecule has 0 heterocycles. The number of nitro groups is 1. The summed E-state index contributed by atoms with van der Waals surface area (Å²) in [5.41, 5.74) is 0.400. The molecular weight excluding hydrogens is 210 g/mol. The van der Waals surface area contributed by atoms with Gasteiger partial charge in [-0.2, -0.15) is 0 Å². The highest BCUT2D eigenvalue weighted by Crippen LogP contribution is 2.06. The Balaban J connectivity index is 0.000000293. The number of hydrogen-bond acceptors (Lipinski definition) is 3. The standard InChI is InChI=1S/C6H5NO2.C5H8O2/c8-7(9)6-4-2-1-3-5-6;1-3-4(2)5(6)7/h1-5H;2-3H2,1H3,(H,6,7). The van der Waals surface area contributed by atoms with Gasteiger partial charge in [0, 0.05) is 17.7 Å². The van der Waals surface area contributed by atoms with Crippen LogP contribution in [0.4, 0.5) is 5.69 Å².